The summed E-state index contributed by atoms with van der Waals surface area (Å²) in [5.41, 5.74) is 0.923. The zero-order valence-corrected chi connectivity index (χ0v) is 10.4. The summed E-state index contributed by atoms with van der Waals surface area (Å²) in [6.45, 7) is 5.31. The third-order valence-electron chi connectivity index (χ3n) is 2.38. The minimum atomic E-state index is -0.164. The van der Waals surface area contributed by atoms with Crippen LogP contribution in [0.15, 0.2) is 35.6 Å². The number of aliphatic hydroxyl groups excluding tert-OH is 1. The van der Waals surface area contributed by atoms with Crippen LogP contribution in [0.2, 0.25) is 5.02 Å². The fourth-order valence-electron chi connectivity index (χ4n) is 1.37. The Balaban J connectivity index is 3.03. The summed E-state index contributed by atoms with van der Waals surface area (Å²) in [6.07, 6.45) is 0. The van der Waals surface area contributed by atoms with Gasteiger partial charge in [-0.2, -0.15) is 0 Å². The first-order valence-electron chi connectivity index (χ1n) is 5.13. The smallest absolute Gasteiger partial charge is 0.192 e. The lowest BCUT2D eigenvalue weighted by atomic mass is 10.00. The monoisotopic (exact) mass is 238 g/mol. The van der Waals surface area contributed by atoms with Crippen LogP contribution >= 0.6 is 11.6 Å². The number of halogens is 1. The Morgan fingerprint density at radius 2 is 1.75 bits per heavy atom. The van der Waals surface area contributed by atoms with E-state index in [1.54, 1.807) is 31.2 Å². The molecule has 0 amide bonds. The van der Waals surface area contributed by atoms with Crippen LogP contribution in [0.3, 0.4) is 0 Å². The van der Waals surface area contributed by atoms with Crippen LogP contribution in [0, 0.1) is 5.92 Å². The lowest BCUT2D eigenvalue weighted by Crippen LogP contribution is -2.07. The van der Waals surface area contributed by atoms with Gasteiger partial charge >= 0.3 is 0 Å². The minimum Gasteiger partial charge on any atom is -0.512 e. The molecule has 2 nitrogen and oxygen atoms in total. The summed E-state index contributed by atoms with van der Waals surface area (Å²) in [7, 11) is 0. The summed E-state index contributed by atoms with van der Waals surface area (Å²) >= 11 is 5.74. The highest BCUT2D eigenvalue weighted by Gasteiger charge is 2.14. The van der Waals surface area contributed by atoms with E-state index < -0.39 is 0 Å². The maximum Gasteiger partial charge on any atom is 0.192 e. The topological polar surface area (TPSA) is 37.3 Å². The number of hydrogen-bond donors (Lipinski definition) is 1. The fraction of sp³-hybridized carbons (Fsp3) is 0.308. The molecule has 0 bridgehead atoms. The van der Waals surface area contributed by atoms with Crippen molar-refractivity contribution >= 4 is 17.4 Å². The van der Waals surface area contributed by atoms with Crippen LogP contribution in [-0.4, -0.2) is 10.9 Å². The van der Waals surface area contributed by atoms with E-state index >= 15 is 0 Å². The predicted octanol–water partition coefficient (Wildman–Crippen LogP) is 4.01. The Bertz CT molecular complexity index is 416. The summed E-state index contributed by atoms with van der Waals surface area (Å²) in [4.78, 5) is 11.9. The van der Waals surface area contributed by atoms with Crippen molar-refractivity contribution < 1.29 is 9.90 Å². The highest BCUT2D eigenvalue weighted by molar-refractivity contribution is 6.30. The number of aliphatic hydroxyl groups is 1. The van der Waals surface area contributed by atoms with Crippen molar-refractivity contribution in [1.29, 1.82) is 0 Å². The molecular formula is C13H15ClO2. The molecule has 0 saturated heterocycles. The Morgan fingerprint density at radius 1 is 1.25 bits per heavy atom. The first-order valence-corrected chi connectivity index (χ1v) is 5.51. The molecule has 1 N–H and O–H groups in total. The maximum absolute atomic E-state index is 11.9. The lowest BCUT2D eigenvalue weighted by Gasteiger charge is -2.08. The molecule has 1 rings (SSSR count). The molecule has 0 radical (unpaired) electrons. The molecule has 0 aliphatic rings. The quantitative estimate of drug-likeness (QED) is 0.491. The normalized spacial score (nSPS) is 12.6. The predicted molar refractivity (Wildman–Crippen MR) is 65.9 cm³/mol. The van der Waals surface area contributed by atoms with Gasteiger partial charge in [0.2, 0.25) is 0 Å². The van der Waals surface area contributed by atoms with Gasteiger partial charge in [-0.15, -0.1) is 0 Å². The van der Waals surface area contributed by atoms with E-state index in [4.69, 9.17) is 11.6 Å². The largest absolute Gasteiger partial charge is 0.512 e. The average Bonchev–Trinajstić information content (AvgIpc) is 2.27. The van der Waals surface area contributed by atoms with Gasteiger partial charge in [0.1, 0.15) is 5.76 Å². The highest BCUT2D eigenvalue weighted by atomic mass is 35.5. The van der Waals surface area contributed by atoms with Gasteiger partial charge in [-0.25, -0.2) is 0 Å². The molecule has 0 saturated carbocycles. The molecule has 16 heavy (non-hydrogen) atoms. The van der Waals surface area contributed by atoms with Gasteiger partial charge in [0.15, 0.2) is 5.78 Å². The molecule has 0 fully saturated rings. The van der Waals surface area contributed by atoms with Gasteiger partial charge in [-0.3, -0.25) is 4.79 Å². The van der Waals surface area contributed by atoms with Gasteiger partial charge in [0, 0.05) is 22.1 Å². The van der Waals surface area contributed by atoms with Crippen LogP contribution in [0.5, 0.6) is 0 Å². The summed E-state index contributed by atoms with van der Waals surface area (Å²) in [5, 5.41) is 10.3. The number of benzene rings is 1. The summed E-state index contributed by atoms with van der Waals surface area (Å²) < 4.78 is 0. The van der Waals surface area contributed by atoms with Crippen LogP contribution < -0.4 is 0 Å². The zero-order chi connectivity index (χ0) is 12.3. The van der Waals surface area contributed by atoms with Crippen molar-refractivity contribution in [2.45, 2.75) is 20.8 Å². The first kappa shape index (κ1) is 12.8. The summed E-state index contributed by atoms with van der Waals surface area (Å²) in [6, 6.07) is 6.63. The summed E-state index contributed by atoms with van der Waals surface area (Å²) in [5.74, 6) is -0.0703. The fourth-order valence-corrected chi connectivity index (χ4v) is 1.49. The number of hydrogen-bond acceptors (Lipinski definition) is 2. The van der Waals surface area contributed by atoms with Crippen molar-refractivity contribution in [3.05, 3.63) is 46.2 Å². The second kappa shape index (κ2) is 5.17. The van der Waals surface area contributed by atoms with Crippen molar-refractivity contribution in [2.75, 3.05) is 0 Å². The number of Topliss-reactive ketones (excluding diaryl/α,β-unsaturated/α-hetero) is 1. The van der Waals surface area contributed by atoms with Crippen LogP contribution in [0.1, 0.15) is 31.1 Å². The zero-order valence-electron chi connectivity index (χ0n) is 9.62. The lowest BCUT2D eigenvalue weighted by molar-refractivity contribution is 0.102. The molecule has 0 aromatic heterocycles. The van der Waals surface area contributed by atoms with E-state index in [1.165, 1.54) is 0 Å². The van der Waals surface area contributed by atoms with E-state index in [-0.39, 0.29) is 17.5 Å². The Kier molecular flexibility index (Phi) is 4.13. The van der Waals surface area contributed by atoms with Crippen LogP contribution in [0.25, 0.3) is 0 Å². The van der Waals surface area contributed by atoms with E-state index in [2.05, 4.69) is 0 Å². The van der Waals surface area contributed by atoms with Crippen LogP contribution in [-0.2, 0) is 0 Å². The van der Waals surface area contributed by atoms with E-state index in [1.807, 2.05) is 13.8 Å². The van der Waals surface area contributed by atoms with Gasteiger partial charge in [-0.05, 0) is 31.2 Å². The van der Waals surface area contributed by atoms with Gasteiger partial charge in [0.25, 0.3) is 0 Å². The molecule has 0 aliphatic carbocycles. The van der Waals surface area contributed by atoms with E-state index in [9.17, 15) is 9.90 Å². The maximum atomic E-state index is 11.9. The molecule has 0 aliphatic heterocycles. The third kappa shape index (κ3) is 2.86. The molecule has 1 aromatic rings. The number of allylic oxidation sites excluding steroid dienone is 2. The van der Waals surface area contributed by atoms with Crippen LogP contribution in [0.4, 0.5) is 0 Å². The van der Waals surface area contributed by atoms with Crippen molar-refractivity contribution in [3.8, 4) is 0 Å². The molecular weight excluding hydrogens is 224 g/mol. The SMILES string of the molecule is C/C(C(=O)c1ccc(Cl)cc1)=C(/O)C(C)C. The second-order valence-corrected chi connectivity index (χ2v) is 4.44. The van der Waals surface area contributed by atoms with Crippen molar-refractivity contribution in [1.82, 2.24) is 0 Å². The minimum absolute atomic E-state index is 0.0451. The Labute approximate surface area is 101 Å². The number of ketones is 1. The van der Waals surface area contributed by atoms with E-state index in [0.717, 1.165) is 0 Å². The Morgan fingerprint density at radius 3 is 2.19 bits per heavy atom. The molecule has 3 heteroatoms. The Hall–Kier alpha value is -1.28. The first-order chi connectivity index (χ1) is 7.43. The molecule has 86 valence electrons. The number of carbonyl (C=O) groups is 1. The number of carbonyl (C=O) groups excluding carboxylic acids is 1. The number of rotatable bonds is 3. The molecule has 0 unspecified atom stereocenters. The van der Waals surface area contributed by atoms with Crippen molar-refractivity contribution in [2.24, 2.45) is 5.92 Å². The molecule has 0 spiro atoms. The standard InChI is InChI=1S/C13H15ClO2/c1-8(2)12(15)9(3)13(16)10-4-6-11(14)7-5-10/h4-8,15H,1-3H3/b12-9-. The molecule has 0 atom stereocenters. The molecule has 1 aromatic carbocycles. The average molecular weight is 239 g/mol. The second-order valence-electron chi connectivity index (χ2n) is 4.00. The third-order valence-corrected chi connectivity index (χ3v) is 2.63. The van der Waals surface area contributed by atoms with E-state index in [0.29, 0.717) is 16.2 Å². The van der Waals surface area contributed by atoms with Crippen molar-refractivity contribution in [3.63, 3.8) is 0 Å². The molecule has 0 heterocycles. The highest BCUT2D eigenvalue weighted by Crippen LogP contribution is 2.17. The van der Waals surface area contributed by atoms with Gasteiger partial charge in [0.05, 0.1) is 0 Å². The van der Waals surface area contributed by atoms with Gasteiger partial charge in [-0.1, -0.05) is 25.4 Å². The van der Waals surface area contributed by atoms with Gasteiger partial charge < -0.3 is 5.11 Å².